The van der Waals surface area contributed by atoms with Crippen molar-refractivity contribution in [2.75, 3.05) is 13.2 Å². The second-order valence-corrected chi connectivity index (χ2v) is 19.8. The van der Waals surface area contributed by atoms with Crippen molar-refractivity contribution < 1.29 is 78.9 Å². The third-order valence-corrected chi connectivity index (χ3v) is 16.9. The normalized spacial score (nSPS) is 55.1. The van der Waals surface area contributed by atoms with Crippen LogP contribution in [0.3, 0.4) is 0 Å². The Morgan fingerprint density at radius 3 is 2.14 bits per heavy atom. The number of rotatable bonds is 8. The molecule has 22 atom stereocenters. The van der Waals surface area contributed by atoms with E-state index in [1.165, 1.54) is 6.92 Å². The summed E-state index contributed by atoms with van der Waals surface area (Å²) in [6.07, 6.45) is -7.35. The average molecular weight is 825 g/mol. The van der Waals surface area contributed by atoms with E-state index >= 15 is 0 Å². The number of aliphatic hydroxyl groups is 8. The molecule has 58 heavy (non-hydrogen) atoms. The number of carbonyl (C=O) groups excluding carboxylic acids is 2. The molecule has 5 aliphatic carbocycles. The number of aliphatic hydroxyl groups excluding tert-OH is 7. The van der Waals surface area contributed by atoms with Gasteiger partial charge in [0.05, 0.1) is 19.3 Å². The molecule has 0 unspecified atom stereocenters. The van der Waals surface area contributed by atoms with Crippen LogP contribution in [0.15, 0.2) is 11.6 Å². The standard InChI is InChI=1S/C42H64O16/c1-18(44)54-29-13-20(55-37-35(50)33(48)31(46)28(57-37)17-53-36-34(49)32(47)30(45)27(16-43)56-36)12-19-6-7-21-23-8-9-24(40(23,3)11-10-25(21)41(19,29)4)22-14-39(2)15-26(22)58-38(51)42(39,5)52/h6,20-37,43,45-50,52H,7-17H2,1-5H3/t20-,21+,22+,23+,24-,25+,26-,27+,28+,29+,30+,31+,32-,33-,34+,35+,36+,37+,39-,40+,41+,42+/m1/s1. The molecule has 7 fully saturated rings. The minimum absolute atomic E-state index is 0.0276. The second kappa shape index (κ2) is 15.2. The van der Waals surface area contributed by atoms with E-state index in [1.54, 1.807) is 6.92 Å². The van der Waals surface area contributed by atoms with E-state index < -0.39 is 115 Å². The van der Waals surface area contributed by atoms with E-state index in [0.717, 1.165) is 44.1 Å². The van der Waals surface area contributed by atoms with Gasteiger partial charge in [-0.2, -0.15) is 0 Å². The molecule has 3 heterocycles. The Morgan fingerprint density at radius 2 is 1.47 bits per heavy atom. The van der Waals surface area contributed by atoms with Gasteiger partial charge in [0.15, 0.2) is 18.2 Å². The van der Waals surface area contributed by atoms with Crippen molar-refractivity contribution in [2.45, 2.75) is 178 Å². The van der Waals surface area contributed by atoms with Crippen LogP contribution < -0.4 is 0 Å². The summed E-state index contributed by atoms with van der Waals surface area (Å²) in [5.74, 6) is 0.621. The Morgan fingerprint density at radius 1 is 0.828 bits per heavy atom. The maximum absolute atomic E-state index is 12.9. The molecule has 4 saturated carbocycles. The second-order valence-electron chi connectivity index (χ2n) is 19.8. The highest BCUT2D eigenvalue weighted by Crippen LogP contribution is 2.70. The Balaban J connectivity index is 0.971. The number of ether oxygens (including phenoxy) is 6. The molecule has 16 nitrogen and oxygen atoms in total. The number of fused-ring (bicyclic) bond motifs is 7. The fraction of sp³-hybridized carbons (Fsp3) is 0.905. The zero-order valence-electron chi connectivity index (χ0n) is 34.1. The third kappa shape index (κ3) is 6.62. The summed E-state index contributed by atoms with van der Waals surface area (Å²) < 4.78 is 35.4. The predicted octanol–water partition coefficient (Wildman–Crippen LogP) is 0.209. The molecule has 328 valence electrons. The van der Waals surface area contributed by atoms with E-state index in [0.29, 0.717) is 37.0 Å². The zero-order chi connectivity index (χ0) is 41.9. The largest absolute Gasteiger partial charge is 0.462 e. The molecule has 8 N–H and O–H groups in total. The first-order valence-electron chi connectivity index (χ1n) is 21.3. The SMILES string of the molecule is CC(=O)O[C@H]1C[C@H](O[C@H]2O[C@@H](CO[C@H]3O[C@@H](CO)[C@H](O)[C@@H](O)[C@@H]3O)[C@H](O)[C@@H](O)[C@@H]2O)CC2=CC[C@H]3[C@@H]4CC[C@H]([C@@H]5C[C@]6(C)C[C@H]5OC(=O)[C@]6(C)O)[C@@]4(C)CC[C@@H]3[C@]21C. The van der Waals surface area contributed by atoms with Crippen LogP contribution in [0.4, 0.5) is 0 Å². The Kier molecular flexibility index (Phi) is 11.3. The number of hydrogen-bond donors (Lipinski definition) is 8. The number of esters is 2. The molecule has 0 aromatic carbocycles. The topological polar surface area (TPSA) is 251 Å². The lowest BCUT2D eigenvalue weighted by Gasteiger charge is -2.60. The molecule has 3 saturated heterocycles. The summed E-state index contributed by atoms with van der Waals surface area (Å²) in [5, 5.41) is 84.0. The first-order chi connectivity index (χ1) is 27.2. The van der Waals surface area contributed by atoms with Crippen LogP contribution in [0.1, 0.15) is 92.4 Å². The van der Waals surface area contributed by atoms with Crippen LogP contribution in [0.2, 0.25) is 0 Å². The summed E-state index contributed by atoms with van der Waals surface area (Å²) in [6, 6.07) is 0. The van der Waals surface area contributed by atoms with E-state index in [1.807, 2.05) is 6.92 Å². The highest BCUT2D eigenvalue weighted by atomic mass is 16.7. The average Bonchev–Trinajstić information content (AvgIpc) is 3.68. The molecule has 0 amide bonds. The van der Waals surface area contributed by atoms with Crippen LogP contribution in [-0.4, -0.2) is 151 Å². The van der Waals surface area contributed by atoms with Gasteiger partial charge in [-0.15, -0.1) is 0 Å². The Bertz CT molecular complexity index is 1600. The molecule has 0 spiro atoms. The lowest BCUT2D eigenvalue weighted by atomic mass is 9.46. The molecular formula is C42H64O16. The smallest absolute Gasteiger partial charge is 0.338 e. The van der Waals surface area contributed by atoms with Gasteiger partial charge in [-0.25, -0.2) is 4.79 Å². The first kappa shape index (κ1) is 42.9. The molecule has 16 heteroatoms. The zero-order valence-corrected chi connectivity index (χ0v) is 34.1. The summed E-state index contributed by atoms with van der Waals surface area (Å²) in [5.41, 5.74) is -1.37. The monoisotopic (exact) mass is 824 g/mol. The quantitative estimate of drug-likeness (QED) is 0.120. The van der Waals surface area contributed by atoms with Crippen molar-refractivity contribution in [3.8, 4) is 0 Å². The van der Waals surface area contributed by atoms with Crippen molar-refractivity contribution in [3.63, 3.8) is 0 Å². The van der Waals surface area contributed by atoms with Crippen LogP contribution >= 0.6 is 0 Å². The highest BCUT2D eigenvalue weighted by molar-refractivity contribution is 5.81. The molecule has 8 rings (SSSR count). The molecule has 8 aliphatic rings. The van der Waals surface area contributed by atoms with Crippen LogP contribution in [0.5, 0.6) is 0 Å². The number of hydrogen-bond acceptors (Lipinski definition) is 16. The van der Waals surface area contributed by atoms with Crippen molar-refractivity contribution in [1.29, 1.82) is 0 Å². The van der Waals surface area contributed by atoms with Crippen molar-refractivity contribution in [2.24, 2.45) is 45.8 Å². The molecule has 0 aromatic rings. The number of carbonyl (C=O) groups is 2. The van der Waals surface area contributed by atoms with Crippen LogP contribution in [0, 0.1) is 45.8 Å². The Labute approximate surface area is 338 Å². The summed E-state index contributed by atoms with van der Waals surface area (Å²) in [6.45, 7) is 8.52. The molecule has 2 bridgehead atoms. The summed E-state index contributed by atoms with van der Waals surface area (Å²) in [7, 11) is 0. The number of allylic oxidation sites excluding steroid dienone is 1. The van der Waals surface area contributed by atoms with Gasteiger partial charge in [0.1, 0.15) is 61.0 Å². The fourth-order valence-corrected chi connectivity index (χ4v) is 13.4. The van der Waals surface area contributed by atoms with E-state index in [2.05, 4.69) is 19.9 Å². The maximum atomic E-state index is 12.9. The van der Waals surface area contributed by atoms with Gasteiger partial charge < -0.3 is 69.3 Å². The van der Waals surface area contributed by atoms with E-state index in [9.17, 15) is 50.4 Å². The van der Waals surface area contributed by atoms with Crippen molar-refractivity contribution >= 4 is 11.9 Å². The van der Waals surface area contributed by atoms with Crippen molar-refractivity contribution in [3.05, 3.63) is 11.6 Å². The van der Waals surface area contributed by atoms with Gasteiger partial charge in [0.2, 0.25) is 0 Å². The van der Waals surface area contributed by atoms with Gasteiger partial charge in [-0.3, -0.25) is 4.79 Å². The lowest BCUT2D eigenvalue weighted by molar-refractivity contribution is -0.337. The molecule has 3 aliphatic heterocycles. The minimum atomic E-state index is -1.70. The molecular weight excluding hydrogens is 760 g/mol. The van der Waals surface area contributed by atoms with Gasteiger partial charge >= 0.3 is 11.9 Å². The molecule has 0 aromatic heterocycles. The highest BCUT2D eigenvalue weighted by Gasteiger charge is 2.68. The predicted molar refractivity (Wildman–Crippen MR) is 199 cm³/mol. The van der Waals surface area contributed by atoms with Crippen LogP contribution in [0.25, 0.3) is 0 Å². The summed E-state index contributed by atoms with van der Waals surface area (Å²) in [4.78, 5) is 25.6. The van der Waals surface area contributed by atoms with Crippen molar-refractivity contribution in [1.82, 2.24) is 0 Å². The fourth-order valence-electron chi connectivity index (χ4n) is 13.4. The van der Waals surface area contributed by atoms with E-state index in [-0.39, 0.29) is 23.4 Å². The van der Waals surface area contributed by atoms with E-state index in [4.69, 9.17) is 28.4 Å². The van der Waals surface area contributed by atoms with Gasteiger partial charge in [-0.05, 0) is 93.3 Å². The Hall–Kier alpha value is -1.80. The van der Waals surface area contributed by atoms with Gasteiger partial charge in [-0.1, -0.05) is 32.4 Å². The summed E-state index contributed by atoms with van der Waals surface area (Å²) >= 11 is 0. The lowest BCUT2D eigenvalue weighted by Crippen LogP contribution is -2.62. The maximum Gasteiger partial charge on any atom is 0.338 e. The van der Waals surface area contributed by atoms with Crippen LogP contribution in [-0.2, 0) is 38.0 Å². The van der Waals surface area contributed by atoms with Gasteiger partial charge in [0.25, 0.3) is 0 Å². The first-order valence-corrected chi connectivity index (χ1v) is 21.3. The minimum Gasteiger partial charge on any atom is -0.462 e. The van der Waals surface area contributed by atoms with Gasteiger partial charge in [0, 0.05) is 24.2 Å². The third-order valence-electron chi connectivity index (χ3n) is 16.9. The molecule has 0 radical (unpaired) electrons.